The number of carbonyl (C=O) groups excluding carboxylic acids is 2. The van der Waals surface area contributed by atoms with Gasteiger partial charge in [-0.3, -0.25) is 4.79 Å². The highest BCUT2D eigenvalue weighted by Crippen LogP contribution is 2.26. The second-order valence-electron chi connectivity index (χ2n) is 3.96. The molecule has 1 rings (SSSR count). The lowest BCUT2D eigenvalue weighted by Gasteiger charge is -2.25. The summed E-state index contributed by atoms with van der Waals surface area (Å²) in [6.07, 6.45) is -0.860. The van der Waals surface area contributed by atoms with Gasteiger partial charge in [0.25, 0.3) is 0 Å². The Morgan fingerprint density at radius 3 is 2.81 bits per heavy atom. The Morgan fingerprint density at radius 1 is 1.62 bits per heavy atom. The van der Waals surface area contributed by atoms with E-state index in [2.05, 4.69) is 10.1 Å². The molecule has 0 aliphatic carbocycles. The maximum Gasteiger partial charge on any atom is 0.404 e. The highest BCUT2D eigenvalue weighted by atomic mass is 16.5. The number of hydrogen-bond acceptors (Lipinski definition) is 5. The highest BCUT2D eigenvalue weighted by molar-refractivity contribution is 5.83. The summed E-state index contributed by atoms with van der Waals surface area (Å²) in [6.45, 7) is 2.69. The standard InChI is InChI=1S/C9H17N3O4/c1-9(5-15-4-6(9)10)7(13)12-2-3-16-8(11)14/h6H,2-5,10H2,1H3,(H2,11,14)(H,12,13). The average Bonchev–Trinajstić information content (AvgIpc) is 2.55. The summed E-state index contributed by atoms with van der Waals surface area (Å²) in [5.41, 5.74) is 9.83. The number of primary amides is 1. The maximum atomic E-state index is 11.8. The molecule has 1 saturated heterocycles. The van der Waals surface area contributed by atoms with E-state index in [0.717, 1.165) is 0 Å². The summed E-state index contributed by atoms with van der Waals surface area (Å²) in [6, 6.07) is -0.315. The van der Waals surface area contributed by atoms with E-state index in [-0.39, 0.29) is 25.1 Å². The molecule has 0 aromatic rings. The molecule has 2 atom stereocenters. The van der Waals surface area contributed by atoms with Crippen LogP contribution in [-0.4, -0.2) is 44.4 Å². The molecule has 1 heterocycles. The van der Waals surface area contributed by atoms with Gasteiger partial charge < -0.3 is 26.3 Å². The lowest BCUT2D eigenvalue weighted by molar-refractivity contribution is -0.130. The molecule has 92 valence electrons. The average molecular weight is 231 g/mol. The van der Waals surface area contributed by atoms with Crippen LogP contribution in [0.4, 0.5) is 4.79 Å². The monoisotopic (exact) mass is 231 g/mol. The molecule has 7 nitrogen and oxygen atoms in total. The Morgan fingerprint density at radius 2 is 2.31 bits per heavy atom. The van der Waals surface area contributed by atoms with E-state index in [1.165, 1.54) is 0 Å². The molecule has 7 heteroatoms. The van der Waals surface area contributed by atoms with Crippen LogP contribution in [0.5, 0.6) is 0 Å². The van der Waals surface area contributed by atoms with E-state index in [1.54, 1.807) is 6.92 Å². The number of amides is 2. The first-order valence-electron chi connectivity index (χ1n) is 5.00. The van der Waals surface area contributed by atoms with Crippen molar-refractivity contribution in [2.75, 3.05) is 26.4 Å². The van der Waals surface area contributed by atoms with E-state index in [0.29, 0.717) is 13.2 Å². The molecule has 1 fully saturated rings. The number of nitrogens with one attached hydrogen (secondary N) is 1. The van der Waals surface area contributed by atoms with Gasteiger partial charge in [-0.15, -0.1) is 0 Å². The zero-order valence-corrected chi connectivity index (χ0v) is 9.19. The van der Waals surface area contributed by atoms with Crippen molar-refractivity contribution in [1.29, 1.82) is 0 Å². The molecule has 2 unspecified atom stereocenters. The third-order valence-electron chi connectivity index (χ3n) is 2.67. The lowest BCUT2D eigenvalue weighted by atomic mass is 9.85. The SMILES string of the molecule is CC1(C(=O)NCCOC(N)=O)COCC1N. The van der Waals surface area contributed by atoms with Gasteiger partial charge in [0, 0.05) is 6.04 Å². The highest BCUT2D eigenvalue weighted by Gasteiger charge is 2.44. The molecule has 16 heavy (non-hydrogen) atoms. The quantitative estimate of drug-likeness (QED) is 0.512. The Bertz CT molecular complexity index is 284. The second kappa shape index (κ2) is 5.13. The van der Waals surface area contributed by atoms with Gasteiger partial charge in [-0.2, -0.15) is 0 Å². The minimum absolute atomic E-state index is 0.0489. The topological polar surface area (TPSA) is 117 Å². The van der Waals surface area contributed by atoms with Crippen molar-refractivity contribution in [3.63, 3.8) is 0 Å². The van der Waals surface area contributed by atoms with Crippen LogP contribution >= 0.6 is 0 Å². The van der Waals surface area contributed by atoms with Crippen molar-refractivity contribution < 1.29 is 19.1 Å². The Labute approximate surface area is 93.4 Å². The molecule has 0 bridgehead atoms. The van der Waals surface area contributed by atoms with Crippen molar-refractivity contribution in [2.24, 2.45) is 16.9 Å². The van der Waals surface area contributed by atoms with Crippen LogP contribution in [-0.2, 0) is 14.3 Å². The van der Waals surface area contributed by atoms with Crippen LogP contribution in [0.25, 0.3) is 0 Å². The van der Waals surface area contributed by atoms with Gasteiger partial charge in [0.1, 0.15) is 6.61 Å². The summed E-state index contributed by atoms with van der Waals surface area (Å²) < 4.78 is 9.62. The Balaban J connectivity index is 2.32. The van der Waals surface area contributed by atoms with Crippen LogP contribution in [0.15, 0.2) is 0 Å². The molecule has 2 amide bonds. The van der Waals surface area contributed by atoms with Crippen molar-refractivity contribution in [1.82, 2.24) is 5.32 Å². The first kappa shape index (κ1) is 12.7. The van der Waals surface area contributed by atoms with Crippen molar-refractivity contribution in [3.8, 4) is 0 Å². The van der Waals surface area contributed by atoms with Crippen LogP contribution in [0, 0.1) is 5.41 Å². The number of carbonyl (C=O) groups is 2. The van der Waals surface area contributed by atoms with Crippen LogP contribution in [0.2, 0.25) is 0 Å². The fraction of sp³-hybridized carbons (Fsp3) is 0.778. The minimum atomic E-state index is -0.860. The van der Waals surface area contributed by atoms with Crippen molar-refractivity contribution >= 4 is 12.0 Å². The van der Waals surface area contributed by atoms with Gasteiger partial charge in [0.15, 0.2) is 0 Å². The smallest absolute Gasteiger partial charge is 0.404 e. The second-order valence-corrected chi connectivity index (χ2v) is 3.96. The minimum Gasteiger partial charge on any atom is -0.448 e. The van der Waals surface area contributed by atoms with Crippen LogP contribution in [0.3, 0.4) is 0 Å². The predicted molar refractivity (Wildman–Crippen MR) is 55.4 cm³/mol. The lowest BCUT2D eigenvalue weighted by Crippen LogP contribution is -2.50. The van der Waals surface area contributed by atoms with E-state index in [9.17, 15) is 9.59 Å². The zero-order chi connectivity index (χ0) is 12.2. The van der Waals surface area contributed by atoms with Gasteiger partial charge in [-0.25, -0.2) is 4.79 Å². The molecular weight excluding hydrogens is 214 g/mol. The van der Waals surface area contributed by atoms with Gasteiger partial charge in [0.2, 0.25) is 5.91 Å². The molecule has 5 N–H and O–H groups in total. The summed E-state index contributed by atoms with van der Waals surface area (Å²) in [4.78, 5) is 22.0. The first-order chi connectivity index (χ1) is 7.47. The summed E-state index contributed by atoms with van der Waals surface area (Å²) in [5, 5.41) is 2.62. The third-order valence-corrected chi connectivity index (χ3v) is 2.67. The van der Waals surface area contributed by atoms with Crippen LogP contribution in [0.1, 0.15) is 6.92 Å². The molecular formula is C9H17N3O4. The number of hydrogen-bond donors (Lipinski definition) is 3. The van der Waals surface area contributed by atoms with E-state index >= 15 is 0 Å². The fourth-order valence-electron chi connectivity index (χ4n) is 1.44. The molecule has 1 aliphatic rings. The van der Waals surface area contributed by atoms with Gasteiger partial charge >= 0.3 is 6.09 Å². The van der Waals surface area contributed by atoms with Crippen molar-refractivity contribution in [3.05, 3.63) is 0 Å². The van der Waals surface area contributed by atoms with E-state index < -0.39 is 11.5 Å². The van der Waals surface area contributed by atoms with Gasteiger partial charge in [-0.05, 0) is 6.92 Å². The van der Waals surface area contributed by atoms with Gasteiger partial charge in [0.05, 0.1) is 25.2 Å². The first-order valence-corrected chi connectivity index (χ1v) is 5.00. The molecule has 0 aromatic heterocycles. The van der Waals surface area contributed by atoms with E-state index in [1.807, 2.05) is 0 Å². The molecule has 0 spiro atoms. The van der Waals surface area contributed by atoms with E-state index in [4.69, 9.17) is 16.2 Å². The largest absolute Gasteiger partial charge is 0.448 e. The number of ether oxygens (including phenoxy) is 2. The number of nitrogens with two attached hydrogens (primary N) is 2. The fourth-order valence-corrected chi connectivity index (χ4v) is 1.44. The predicted octanol–water partition coefficient (Wildman–Crippen LogP) is -1.44. The van der Waals surface area contributed by atoms with Crippen LogP contribution < -0.4 is 16.8 Å². The molecule has 1 aliphatic heterocycles. The normalized spacial score (nSPS) is 28.8. The summed E-state index contributed by atoms with van der Waals surface area (Å²) in [7, 11) is 0. The van der Waals surface area contributed by atoms with Crippen molar-refractivity contribution in [2.45, 2.75) is 13.0 Å². The molecule has 0 aromatic carbocycles. The summed E-state index contributed by atoms with van der Waals surface area (Å²) >= 11 is 0. The number of rotatable bonds is 4. The molecule has 0 saturated carbocycles. The molecule has 0 radical (unpaired) electrons. The third kappa shape index (κ3) is 2.83. The zero-order valence-electron chi connectivity index (χ0n) is 9.19. The Kier molecular flexibility index (Phi) is 4.08. The maximum absolute atomic E-state index is 11.8. The Hall–Kier alpha value is -1.34. The van der Waals surface area contributed by atoms with Gasteiger partial charge in [-0.1, -0.05) is 0 Å². The summed E-state index contributed by atoms with van der Waals surface area (Å²) in [5.74, 6) is -0.203.